The Balaban J connectivity index is 3.24. The summed E-state index contributed by atoms with van der Waals surface area (Å²) in [6.07, 6.45) is 0. The SMILES string of the molecule is CCN(C)c1cc(Cl)cc(C)c1OC. The molecule has 3 heteroatoms. The van der Waals surface area contributed by atoms with E-state index < -0.39 is 0 Å². The summed E-state index contributed by atoms with van der Waals surface area (Å²) in [4.78, 5) is 2.11. The van der Waals surface area contributed by atoms with E-state index in [2.05, 4.69) is 11.8 Å². The fourth-order valence-corrected chi connectivity index (χ4v) is 1.70. The molecule has 0 aromatic heterocycles. The zero-order chi connectivity index (χ0) is 10.7. The number of hydrogen-bond donors (Lipinski definition) is 0. The van der Waals surface area contributed by atoms with Crippen LogP contribution in [-0.2, 0) is 0 Å². The number of halogens is 1. The van der Waals surface area contributed by atoms with E-state index in [0.29, 0.717) is 0 Å². The van der Waals surface area contributed by atoms with Crippen molar-refractivity contribution in [3.8, 4) is 5.75 Å². The molecular formula is C11H16ClNO. The lowest BCUT2D eigenvalue weighted by Crippen LogP contribution is -2.17. The van der Waals surface area contributed by atoms with Crippen molar-refractivity contribution in [1.82, 2.24) is 0 Å². The molecule has 0 fully saturated rings. The number of rotatable bonds is 3. The fraction of sp³-hybridized carbons (Fsp3) is 0.455. The quantitative estimate of drug-likeness (QED) is 0.765. The third-order valence-corrected chi connectivity index (χ3v) is 2.53. The van der Waals surface area contributed by atoms with Crippen molar-refractivity contribution in [3.63, 3.8) is 0 Å². The first-order valence-electron chi connectivity index (χ1n) is 4.65. The van der Waals surface area contributed by atoms with Gasteiger partial charge in [0.05, 0.1) is 12.8 Å². The Hall–Kier alpha value is -0.890. The second-order valence-electron chi connectivity index (χ2n) is 3.29. The molecule has 0 radical (unpaired) electrons. The summed E-state index contributed by atoms with van der Waals surface area (Å²) in [6.45, 7) is 5.02. The van der Waals surface area contributed by atoms with Crippen LogP contribution < -0.4 is 9.64 Å². The molecule has 0 saturated heterocycles. The van der Waals surface area contributed by atoms with Gasteiger partial charge < -0.3 is 9.64 Å². The Morgan fingerprint density at radius 3 is 2.57 bits per heavy atom. The summed E-state index contributed by atoms with van der Waals surface area (Å²) >= 11 is 6.00. The van der Waals surface area contributed by atoms with E-state index in [0.717, 1.165) is 28.6 Å². The molecule has 0 heterocycles. The van der Waals surface area contributed by atoms with Gasteiger partial charge in [-0.3, -0.25) is 0 Å². The van der Waals surface area contributed by atoms with E-state index in [-0.39, 0.29) is 0 Å². The molecule has 0 bridgehead atoms. The maximum absolute atomic E-state index is 6.00. The van der Waals surface area contributed by atoms with Crippen LogP contribution in [0.4, 0.5) is 5.69 Å². The van der Waals surface area contributed by atoms with E-state index >= 15 is 0 Å². The summed E-state index contributed by atoms with van der Waals surface area (Å²) in [5.74, 6) is 0.902. The van der Waals surface area contributed by atoms with Gasteiger partial charge in [0.15, 0.2) is 0 Å². The van der Waals surface area contributed by atoms with E-state index in [1.54, 1.807) is 7.11 Å². The Bertz CT molecular complexity index is 325. The zero-order valence-electron chi connectivity index (χ0n) is 9.10. The molecule has 0 spiro atoms. The van der Waals surface area contributed by atoms with Crippen LogP contribution in [0.5, 0.6) is 5.75 Å². The van der Waals surface area contributed by atoms with Crippen molar-refractivity contribution >= 4 is 17.3 Å². The Labute approximate surface area is 90.4 Å². The van der Waals surface area contributed by atoms with Gasteiger partial charge in [-0.2, -0.15) is 0 Å². The zero-order valence-corrected chi connectivity index (χ0v) is 9.85. The number of ether oxygens (including phenoxy) is 1. The first kappa shape index (κ1) is 11.2. The van der Waals surface area contributed by atoms with Gasteiger partial charge in [-0.05, 0) is 31.5 Å². The normalized spacial score (nSPS) is 10.1. The molecule has 0 aliphatic heterocycles. The van der Waals surface area contributed by atoms with Gasteiger partial charge in [-0.25, -0.2) is 0 Å². The standard InChI is InChI=1S/C11H16ClNO/c1-5-13(3)10-7-9(12)6-8(2)11(10)14-4/h6-7H,5H2,1-4H3. The Kier molecular flexibility index (Phi) is 3.64. The van der Waals surface area contributed by atoms with Crippen LogP contribution in [0.2, 0.25) is 5.02 Å². The van der Waals surface area contributed by atoms with Crippen molar-refractivity contribution in [2.45, 2.75) is 13.8 Å². The Morgan fingerprint density at radius 1 is 1.43 bits per heavy atom. The van der Waals surface area contributed by atoms with E-state index in [4.69, 9.17) is 16.3 Å². The van der Waals surface area contributed by atoms with Gasteiger partial charge in [0, 0.05) is 18.6 Å². The number of benzene rings is 1. The van der Waals surface area contributed by atoms with Crippen LogP contribution in [0.1, 0.15) is 12.5 Å². The molecule has 1 aromatic carbocycles. The van der Waals surface area contributed by atoms with Crippen LogP contribution in [0.15, 0.2) is 12.1 Å². The topological polar surface area (TPSA) is 12.5 Å². The number of anilines is 1. The summed E-state index contributed by atoms with van der Waals surface area (Å²) < 4.78 is 5.35. The Morgan fingerprint density at radius 2 is 2.07 bits per heavy atom. The minimum atomic E-state index is 0.749. The predicted molar refractivity (Wildman–Crippen MR) is 61.7 cm³/mol. The van der Waals surface area contributed by atoms with Gasteiger partial charge in [0.2, 0.25) is 0 Å². The van der Waals surface area contributed by atoms with E-state index in [9.17, 15) is 0 Å². The molecule has 0 aliphatic rings. The van der Waals surface area contributed by atoms with Crippen LogP contribution in [0, 0.1) is 6.92 Å². The molecule has 1 rings (SSSR count). The van der Waals surface area contributed by atoms with Crippen molar-refractivity contribution in [2.75, 3.05) is 25.6 Å². The maximum atomic E-state index is 6.00. The molecule has 14 heavy (non-hydrogen) atoms. The molecule has 0 aliphatic carbocycles. The average molecular weight is 214 g/mol. The van der Waals surface area contributed by atoms with Gasteiger partial charge in [-0.15, -0.1) is 0 Å². The monoisotopic (exact) mass is 213 g/mol. The summed E-state index contributed by atoms with van der Waals surface area (Å²) in [5, 5.41) is 0.749. The fourth-order valence-electron chi connectivity index (χ4n) is 1.43. The van der Waals surface area contributed by atoms with Crippen LogP contribution in [-0.4, -0.2) is 20.7 Å². The number of aryl methyl sites for hydroxylation is 1. The lowest BCUT2D eigenvalue weighted by atomic mass is 10.2. The minimum absolute atomic E-state index is 0.749. The minimum Gasteiger partial charge on any atom is -0.494 e. The number of methoxy groups -OCH3 is 1. The van der Waals surface area contributed by atoms with Gasteiger partial charge in [0.25, 0.3) is 0 Å². The molecule has 0 atom stereocenters. The van der Waals surface area contributed by atoms with Crippen molar-refractivity contribution in [1.29, 1.82) is 0 Å². The lowest BCUT2D eigenvalue weighted by molar-refractivity contribution is 0.412. The molecular weight excluding hydrogens is 198 g/mol. The van der Waals surface area contributed by atoms with Crippen molar-refractivity contribution in [3.05, 3.63) is 22.7 Å². The van der Waals surface area contributed by atoms with Crippen LogP contribution in [0.3, 0.4) is 0 Å². The predicted octanol–water partition coefficient (Wildman–Crippen LogP) is 3.11. The number of hydrogen-bond acceptors (Lipinski definition) is 2. The first-order valence-corrected chi connectivity index (χ1v) is 5.03. The average Bonchev–Trinajstić information content (AvgIpc) is 2.15. The van der Waals surface area contributed by atoms with Crippen molar-refractivity contribution in [2.24, 2.45) is 0 Å². The van der Waals surface area contributed by atoms with Crippen LogP contribution in [0.25, 0.3) is 0 Å². The third kappa shape index (κ3) is 2.13. The highest BCUT2D eigenvalue weighted by molar-refractivity contribution is 6.31. The van der Waals surface area contributed by atoms with Gasteiger partial charge in [0.1, 0.15) is 5.75 Å². The molecule has 0 saturated carbocycles. The van der Waals surface area contributed by atoms with E-state index in [1.807, 2.05) is 26.1 Å². The van der Waals surface area contributed by atoms with E-state index in [1.165, 1.54) is 0 Å². The highest BCUT2D eigenvalue weighted by Crippen LogP contribution is 2.34. The molecule has 0 N–H and O–H groups in total. The van der Waals surface area contributed by atoms with Gasteiger partial charge in [-0.1, -0.05) is 11.6 Å². The second kappa shape index (κ2) is 4.56. The third-order valence-electron chi connectivity index (χ3n) is 2.31. The molecule has 0 unspecified atom stereocenters. The molecule has 0 amide bonds. The smallest absolute Gasteiger partial charge is 0.145 e. The second-order valence-corrected chi connectivity index (χ2v) is 3.73. The highest BCUT2D eigenvalue weighted by Gasteiger charge is 2.10. The van der Waals surface area contributed by atoms with Crippen LogP contribution >= 0.6 is 11.6 Å². The lowest BCUT2D eigenvalue weighted by Gasteiger charge is -2.21. The van der Waals surface area contributed by atoms with Crippen molar-refractivity contribution < 1.29 is 4.74 Å². The molecule has 2 nitrogen and oxygen atoms in total. The molecule has 78 valence electrons. The number of nitrogens with zero attached hydrogens (tertiary/aromatic N) is 1. The first-order chi connectivity index (χ1) is 6.60. The molecule has 1 aromatic rings. The summed E-state index contributed by atoms with van der Waals surface area (Å²) in [7, 11) is 3.71. The maximum Gasteiger partial charge on any atom is 0.145 e. The van der Waals surface area contributed by atoms with Gasteiger partial charge >= 0.3 is 0 Å². The highest BCUT2D eigenvalue weighted by atomic mass is 35.5. The largest absolute Gasteiger partial charge is 0.494 e. The summed E-state index contributed by atoms with van der Waals surface area (Å²) in [6, 6.07) is 3.84. The summed E-state index contributed by atoms with van der Waals surface area (Å²) in [5.41, 5.74) is 2.11.